The minimum Gasteiger partial charge on any atom is -0.508 e. The Morgan fingerprint density at radius 2 is 1.07 bits per heavy atom. The van der Waals surface area contributed by atoms with Gasteiger partial charge in [-0.15, -0.1) is 10.2 Å². The van der Waals surface area contributed by atoms with E-state index in [1.54, 1.807) is 78.2 Å². The van der Waals surface area contributed by atoms with Crippen molar-refractivity contribution < 1.29 is 29.3 Å². The van der Waals surface area contributed by atoms with Crippen molar-refractivity contribution in [1.82, 2.24) is 30.0 Å². The number of aliphatic carboxylic acids is 1. The molecule has 2 aliphatic carbocycles. The molecule has 4 aromatic carbocycles. The van der Waals surface area contributed by atoms with Gasteiger partial charge in [-0.25, -0.2) is 0 Å². The van der Waals surface area contributed by atoms with E-state index in [0.29, 0.717) is 24.0 Å². The molecule has 2 aromatic heterocycles. The number of phenols is 1. The standard InChI is InChI=1S/C27H33N3O3.C15H21Br.C14H17N3O3/c1-26(2)12-13-27(3,4)23-14-18(6-11-22(23)26)17-33-20-9-7-19(8-10-20)21(15-25(31)32)24-16-28-29-30(24)5;1-14(2)7-8-15(3,4)13-9-11(10-16)5-6-12(13)14;1-3-20-14(19)8-12(13-9-15-16-17(13)2)10-4-6-11(18)7-5-10/h6-11,14,16,21H,12-13,15,17H2,1-5H3,(H,31,32);5-6,9H,7-8,10H2,1-4H3;4-7,9,12,18H,3,8H2,1-2H3/t21-;;12-/m0.0/s1. The number of halogens is 1. The number of alkyl halides is 1. The van der Waals surface area contributed by atoms with Crippen LogP contribution in [0.1, 0.15) is 169 Å². The average Bonchev–Trinajstić information content (AvgIpc) is 3.95. The number of rotatable bonds is 13. The third-order valence-electron chi connectivity index (χ3n) is 14.2. The molecule has 6 aromatic rings. The summed E-state index contributed by atoms with van der Waals surface area (Å²) in [6, 6.07) is 28.2. The summed E-state index contributed by atoms with van der Waals surface area (Å²) < 4.78 is 14.4. The molecule has 2 atom stereocenters. The van der Waals surface area contributed by atoms with E-state index in [9.17, 15) is 19.8 Å². The van der Waals surface area contributed by atoms with Crippen LogP contribution in [0, 0.1) is 0 Å². The van der Waals surface area contributed by atoms with Gasteiger partial charge in [-0.05, 0) is 123 Å². The normalized spacial score (nSPS) is 16.8. The molecule has 2 aliphatic rings. The highest BCUT2D eigenvalue weighted by molar-refractivity contribution is 9.08. The number of ether oxygens (including phenoxy) is 2. The SMILES string of the molecule is CC1(C)CCC(C)(C)c2cc(CBr)ccc21.CCOC(=O)C[C@@H](c1ccc(O)cc1)c1cnnn1C.Cn1nncc1[C@@H](CC(=O)O)c1ccc(OCc2ccc3c(c2)C(C)(C)CCC3(C)C)cc1. The Balaban J connectivity index is 0.000000185. The van der Waals surface area contributed by atoms with Crippen LogP contribution in [-0.4, -0.2) is 58.7 Å². The number of phenolic OH excluding ortho intramolecular Hbond substituents is 1. The van der Waals surface area contributed by atoms with Crippen LogP contribution < -0.4 is 4.74 Å². The summed E-state index contributed by atoms with van der Waals surface area (Å²) in [5, 5.41) is 35.3. The largest absolute Gasteiger partial charge is 0.508 e. The number of aromatic hydroxyl groups is 1. The molecule has 69 heavy (non-hydrogen) atoms. The second-order valence-electron chi connectivity index (χ2n) is 21.2. The quantitative estimate of drug-likeness (QED) is 0.0844. The van der Waals surface area contributed by atoms with Crippen LogP contribution in [0.3, 0.4) is 0 Å². The van der Waals surface area contributed by atoms with Gasteiger partial charge in [-0.3, -0.25) is 19.0 Å². The number of fused-ring (bicyclic) bond motifs is 2. The number of carboxylic acids is 1. The Kier molecular flexibility index (Phi) is 16.6. The van der Waals surface area contributed by atoms with Crippen molar-refractivity contribution in [3.8, 4) is 11.5 Å². The Morgan fingerprint density at radius 1 is 0.638 bits per heavy atom. The molecule has 0 saturated heterocycles. The maximum Gasteiger partial charge on any atom is 0.306 e. The van der Waals surface area contributed by atoms with Crippen molar-refractivity contribution in [2.45, 2.75) is 146 Å². The lowest BCUT2D eigenvalue weighted by atomic mass is 9.63. The summed E-state index contributed by atoms with van der Waals surface area (Å²) in [7, 11) is 3.55. The van der Waals surface area contributed by atoms with Crippen molar-refractivity contribution >= 4 is 27.9 Å². The van der Waals surface area contributed by atoms with Crippen molar-refractivity contribution in [2.24, 2.45) is 14.1 Å². The van der Waals surface area contributed by atoms with Crippen LogP contribution in [0.15, 0.2) is 97.3 Å². The van der Waals surface area contributed by atoms with E-state index >= 15 is 0 Å². The summed E-state index contributed by atoms with van der Waals surface area (Å²) >= 11 is 3.55. The molecule has 368 valence electrons. The molecule has 0 radical (unpaired) electrons. The molecule has 0 saturated carbocycles. The van der Waals surface area contributed by atoms with E-state index in [-0.39, 0.29) is 47.2 Å². The molecule has 13 heteroatoms. The molecule has 2 N–H and O–H groups in total. The number of hydrogen-bond donors (Lipinski definition) is 2. The topological polar surface area (TPSA) is 154 Å². The third kappa shape index (κ3) is 12.9. The predicted molar refractivity (Wildman–Crippen MR) is 274 cm³/mol. The average molecular weight is 1000 g/mol. The number of aromatic nitrogens is 6. The van der Waals surface area contributed by atoms with Gasteiger partial charge in [-0.1, -0.05) is 142 Å². The maximum absolute atomic E-state index is 11.8. The Labute approximate surface area is 417 Å². The van der Waals surface area contributed by atoms with Gasteiger partial charge in [0.25, 0.3) is 0 Å². The lowest BCUT2D eigenvalue weighted by Crippen LogP contribution is -2.33. The fraction of sp³-hybridized carbons (Fsp3) is 0.464. The van der Waals surface area contributed by atoms with Crippen molar-refractivity contribution in [2.75, 3.05) is 6.61 Å². The van der Waals surface area contributed by atoms with Crippen molar-refractivity contribution in [3.05, 3.63) is 153 Å². The molecule has 12 nitrogen and oxygen atoms in total. The minimum atomic E-state index is -0.861. The van der Waals surface area contributed by atoms with Crippen LogP contribution >= 0.6 is 15.9 Å². The Hall–Kier alpha value is -5.82. The number of carboxylic acid groups (broad SMARTS) is 1. The number of benzene rings is 4. The second kappa shape index (κ2) is 21.9. The second-order valence-corrected chi connectivity index (χ2v) is 21.7. The summed E-state index contributed by atoms with van der Waals surface area (Å²) in [6.07, 6.45) is 8.41. The molecule has 2 heterocycles. The number of esters is 1. The molecular weight excluding hydrogens is 933 g/mol. The Bertz CT molecular complexity index is 2680. The first kappa shape index (κ1) is 52.5. The molecule has 0 fully saturated rings. The van der Waals surface area contributed by atoms with Gasteiger partial charge in [0.1, 0.15) is 18.1 Å². The number of hydrogen-bond acceptors (Lipinski definition) is 9. The molecule has 0 spiro atoms. The third-order valence-corrected chi connectivity index (χ3v) is 14.9. The van der Waals surface area contributed by atoms with Crippen LogP contribution in [0.5, 0.6) is 11.5 Å². The van der Waals surface area contributed by atoms with Gasteiger partial charge < -0.3 is 19.7 Å². The lowest BCUT2D eigenvalue weighted by Gasteiger charge is -2.42. The minimum absolute atomic E-state index is 0.0251. The zero-order valence-corrected chi connectivity index (χ0v) is 43.9. The number of aryl methyl sites for hydroxylation is 2. The molecule has 0 amide bonds. The Morgan fingerprint density at radius 3 is 1.51 bits per heavy atom. The highest BCUT2D eigenvalue weighted by Crippen LogP contribution is 2.47. The molecular formula is C56H71BrN6O6. The van der Waals surface area contributed by atoms with Gasteiger partial charge >= 0.3 is 11.9 Å². The van der Waals surface area contributed by atoms with Crippen LogP contribution in [0.4, 0.5) is 0 Å². The highest BCUT2D eigenvalue weighted by Gasteiger charge is 2.38. The van der Waals surface area contributed by atoms with Gasteiger partial charge in [0, 0.05) is 31.3 Å². The molecule has 0 unspecified atom stereocenters. The fourth-order valence-electron chi connectivity index (χ4n) is 9.69. The van der Waals surface area contributed by atoms with Crippen LogP contribution in [-0.2, 0) is 62.0 Å². The predicted octanol–water partition coefficient (Wildman–Crippen LogP) is 11.9. The number of nitrogens with zero attached hydrogens (tertiary/aromatic N) is 6. The van der Waals surface area contributed by atoms with E-state index in [0.717, 1.165) is 39.2 Å². The van der Waals surface area contributed by atoms with E-state index in [4.69, 9.17) is 9.47 Å². The smallest absolute Gasteiger partial charge is 0.306 e. The fourth-order valence-corrected chi connectivity index (χ4v) is 10.0. The van der Waals surface area contributed by atoms with Crippen molar-refractivity contribution in [1.29, 1.82) is 0 Å². The first-order valence-corrected chi connectivity index (χ1v) is 25.1. The van der Waals surface area contributed by atoms with Gasteiger partial charge in [-0.2, -0.15) is 0 Å². The molecule has 0 bridgehead atoms. The number of carbonyl (C=O) groups excluding carboxylic acids is 1. The van der Waals surface area contributed by atoms with Gasteiger partial charge in [0.2, 0.25) is 0 Å². The van der Waals surface area contributed by atoms with Gasteiger partial charge in [0.05, 0.1) is 43.2 Å². The van der Waals surface area contributed by atoms with E-state index in [2.05, 4.69) is 128 Å². The lowest BCUT2D eigenvalue weighted by molar-refractivity contribution is -0.143. The summed E-state index contributed by atoms with van der Waals surface area (Å²) in [6.45, 7) is 21.4. The van der Waals surface area contributed by atoms with Crippen LogP contribution in [0.2, 0.25) is 0 Å². The summed E-state index contributed by atoms with van der Waals surface area (Å²) in [5.41, 5.74) is 13.0. The van der Waals surface area contributed by atoms with E-state index < -0.39 is 5.97 Å². The van der Waals surface area contributed by atoms with Crippen LogP contribution in [0.25, 0.3) is 0 Å². The molecule has 0 aliphatic heterocycles. The van der Waals surface area contributed by atoms with E-state index in [1.807, 2.05) is 24.3 Å². The maximum atomic E-state index is 11.8. The zero-order chi connectivity index (χ0) is 50.3. The summed E-state index contributed by atoms with van der Waals surface area (Å²) in [4.78, 5) is 23.2. The van der Waals surface area contributed by atoms with Crippen molar-refractivity contribution in [3.63, 3.8) is 0 Å². The zero-order valence-electron chi connectivity index (χ0n) is 42.3. The summed E-state index contributed by atoms with van der Waals surface area (Å²) in [5.74, 6) is -0.704. The number of carbonyl (C=O) groups is 2. The van der Waals surface area contributed by atoms with Gasteiger partial charge in [0.15, 0.2) is 0 Å². The highest BCUT2D eigenvalue weighted by atomic mass is 79.9. The van der Waals surface area contributed by atoms with E-state index in [1.165, 1.54) is 42.4 Å². The first-order valence-electron chi connectivity index (χ1n) is 24.0. The monoisotopic (exact) mass is 1000 g/mol. The molecule has 8 rings (SSSR count). The first-order chi connectivity index (χ1) is 32.5.